The lowest BCUT2D eigenvalue weighted by atomic mass is 9.89. The fraction of sp³-hybridized carbons (Fsp3) is 0.875. The van der Waals surface area contributed by atoms with Crippen LogP contribution in [-0.2, 0) is 9.53 Å². The number of aliphatic hydroxyl groups is 1. The van der Waals surface area contributed by atoms with Gasteiger partial charge in [-0.3, -0.25) is 4.79 Å². The molecule has 4 heteroatoms. The lowest BCUT2D eigenvalue weighted by Crippen LogP contribution is -2.50. The quantitative estimate of drug-likeness (QED) is 0.607. The molecule has 1 fully saturated rings. The Kier molecular flexibility index (Phi) is 2.69. The van der Waals surface area contributed by atoms with Crippen molar-refractivity contribution in [3.05, 3.63) is 0 Å². The zero-order valence-corrected chi connectivity index (χ0v) is 7.25. The highest BCUT2D eigenvalue weighted by Gasteiger charge is 2.39. The summed E-state index contributed by atoms with van der Waals surface area (Å²) in [4.78, 5) is 10.9. The molecule has 3 N–H and O–H groups in total. The zero-order valence-electron chi connectivity index (χ0n) is 7.25. The van der Waals surface area contributed by atoms with Crippen molar-refractivity contribution < 1.29 is 14.6 Å². The second-order valence-corrected chi connectivity index (χ2v) is 3.25. The molecule has 0 spiro atoms. The van der Waals surface area contributed by atoms with E-state index in [2.05, 4.69) is 0 Å². The largest absolute Gasteiger partial charge is 0.380 e. The first-order valence-corrected chi connectivity index (χ1v) is 4.22. The number of hydrogen-bond acceptors (Lipinski definition) is 3. The zero-order chi connectivity index (χ0) is 9.19. The maximum absolute atomic E-state index is 10.9. The van der Waals surface area contributed by atoms with Crippen molar-refractivity contribution in [2.24, 2.45) is 5.73 Å². The van der Waals surface area contributed by atoms with Crippen LogP contribution in [0.25, 0.3) is 0 Å². The summed E-state index contributed by atoms with van der Waals surface area (Å²) in [6, 6.07) is 0. The first kappa shape index (κ1) is 9.48. The lowest BCUT2D eigenvalue weighted by molar-refractivity contribution is -0.153. The van der Waals surface area contributed by atoms with Gasteiger partial charge >= 0.3 is 0 Å². The third-order valence-corrected chi connectivity index (χ3v) is 2.35. The second kappa shape index (κ2) is 3.41. The molecule has 1 aliphatic heterocycles. The summed E-state index contributed by atoms with van der Waals surface area (Å²) in [6.07, 6.45) is 1.42. The Morgan fingerprint density at radius 3 is 3.00 bits per heavy atom. The molecular formula is C8H15NO3. The van der Waals surface area contributed by atoms with E-state index in [1.807, 2.05) is 6.92 Å². The van der Waals surface area contributed by atoms with Crippen LogP contribution in [0.3, 0.4) is 0 Å². The first-order valence-electron chi connectivity index (χ1n) is 4.22. The van der Waals surface area contributed by atoms with Crippen molar-refractivity contribution in [3.63, 3.8) is 0 Å². The van der Waals surface area contributed by atoms with E-state index in [9.17, 15) is 9.90 Å². The Labute approximate surface area is 71.7 Å². The van der Waals surface area contributed by atoms with Crippen LogP contribution in [0.5, 0.6) is 0 Å². The van der Waals surface area contributed by atoms with Gasteiger partial charge in [0.15, 0.2) is 0 Å². The number of amides is 1. The third kappa shape index (κ3) is 1.76. The van der Waals surface area contributed by atoms with Gasteiger partial charge in [0.1, 0.15) is 5.60 Å². The van der Waals surface area contributed by atoms with Crippen LogP contribution in [0.15, 0.2) is 0 Å². The van der Waals surface area contributed by atoms with Gasteiger partial charge in [-0.2, -0.15) is 0 Å². The normalized spacial score (nSPS) is 36.3. The molecule has 2 atom stereocenters. The number of carbonyl (C=O) groups excluding carboxylic acids is 1. The molecule has 4 nitrogen and oxygen atoms in total. The van der Waals surface area contributed by atoms with E-state index in [1.54, 1.807) is 0 Å². The minimum Gasteiger partial charge on any atom is -0.380 e. The summed E-state index contributed by atoms with van der Waals surface area (Å²) in [5.74, 6) is -0.635. The van der Waals surface area contributed by atoms with E-state index in [1.165, 1.54) is 0 Å². The molecule has 0 bridgehead atoms. The minimum absolute atomic E-state index is 0.0313. The van der Waals surface area contributed by atoms with Crippen molar-refractivity contribution in [1.29, 1.82) is 0 Å². The molecule has 0 aromatic carbocycles. The van der Waals surface area contributed by atoms with Crippen molar-refractivity contribution in [1.82, 2.24) is 0 Å². The summed E-state index contributed by atoms with van der Waals surface area (Å²) in [6.45, 7) is 2.37. The average molecular weight is 173 g/mol. The van der Waals surface area contributed by atoms with E-state index < -0.39 is 11.5 Å². The average Bonchev–Trinajstić information content (AvgIpc) is 2.04. The summed E-state index contributed by atoms with van der Waals surface area (Å²) in [7, 11) is 0. The van der Waals surface area contributed by atoms with Crippen molar-refractivity contribution >= 4 is 5.91 Å². The van der Waals surface area contributed by atoms with Gasteiger partial charge in [-0.05, 0) is 6.42 Å². The van der Waals surface area contributed by atoms with Crippen LogP contribution in [0, 0.1) is 0 Å². The van der Waals surface area contributed by atoms with Crippen molar-refractivity contribution in [2.45, 2.75) is 37.9 Å². The molecular weight excluding hydrogens is 158 g/mol. The highest BCUT2D eigenvalue weighted by atomic mass is 16.5. The molecule has 70 valence electrons. The molecule has 1 heterocycles. The fourth-order valence-corrected chi connectivity index (χ4v) is 1.42. The maximum atomic E-state index is 10.9. The maximum Gasteiger partial charge on any atom is 0.249 e. The van der Waals surface area contributed by atoms with Gasteiger partial charge < -0.3 is 15.6 Å². The molecule has 1 saturated heterocycles. The highest BCUT2D eigenvalue weighted by molar-refractivity contribution is 5.83. The van der Waals surface area contributed by atoms with Crippen LogP contribution in [0.1, 0.15) is 26.2 Å². The molecule has 1 aliphatic rings. The predicted octanol–water partition coefficient (Wildman–Crippen LogP) is -0.208. The lowest BCUT2D eigenvalue weighted by Gasteiger charge is -2.33. The van der Waals surface area contributed by atoms with Gasteiger partial charge in [-0.1, -0.05) is 6.92 Å². The standard InChI is InChI=1S/C8H15NO3/c1-2-6-5-8(11,7(9)10)3-4-12-6/h6,11H,2-5H2,1H3,(H2,9,10). The molecule has 0 aromatic heterocycles. The number of nitrogens with two attached hydrogens (primary N) is 1. The fourth-order valence-electron chi connectivity index (χ4n) is 1.42. The molecule has 1 amide bonds. The van der Waals surface area contributed by atoms with E-state index in [4.69, 9.17) is 10.5 Å². The number of ether oxygens (including phenoxy) is 1. The molecule has 0 aliphatic carbocycles. The van der Waals surface area contributed by atoms with Crippen LogP contribution < -0.4 is 5.73 Å². The van der Waals surface area contributed by atoms with Gasteiger partial charge in [0.2, 0.25) is 5.91 Å². The van der Waals surface area contributed by atoms with Crippen LogP contribution >= 0.6 is 0 Å². The number of primary amides is 1. The van der Waals surface area contributed by atoms with E-state index in [0.29, 0.717) is 19.4 Å². The summed E-state index contributed by atoms with van der Waals surface area (Å²) in [5.41, 5.74) is 3.74. The predicted molar refractivity (Wildman–Crippen MR) is 43.4 cm³/mol. The summed E-state index contributed by atoms with van der Waals surface area (Å²) >= 11 is 0. The first-order chi connectivity index (χ1) is 5.58. The number of rotatable bonds is 2. The number of hydrogen-bond donors (Lipinski definition) is 2. The molecule has 12 heavy (non-hydrogen) atoms. The Hall–Kier alpha value is -0.610. The van der Waals surface area contributed by atoms with Gasteiger partial charge in [0.25, 0.3) is 0 Å². The molecule has 2 unspecified atom stereocenters. The Bertz CT molecular complexity index is 183. The molecule has 0 aromatic rings. The minimum atomic E-state index is -1.33. The summed E-state index contributed by atoms with van der Waals surface area (Å²) < 4.78 is 5.30. The molecule has 1 rings (SSSR count). The van der Waals surface area contributed by atoms with Crippen LogP contribution in [-0.4, -0.2) is 29.3 Å². The second-order valence-electron chi connectivity index (χ2n) is 3.25. The van der Waals surface area contributed by atoms with Gasteiger partial charge in [0, 0.05) is 12.8 Å². The highest BCUT2D eigenvalue weighted by Crippen LogP contribution is 2.25. The smallest absolute Gasteiger partial charge is 0.249 e. The Morgan fingerprint density at radius 2 is 2.50 bits per heavy atom. The Balaban J connectivity index is 2.61. The van der Waals surface area contributed by atoms with E-state index in [0.717, 1.165) is 6.42 Å². The monoisotopic (exact) mass is 173 g/mol. The van der Waals surface area contributed by atoms with Gasteiger partial charge in [-0.15, -0.1) is 0 Å². The van der Waals surface area contributed by atoms with Crippen LogP contribution in [0.2, 0.25) is 0 Å². The third-order valence-electron chi connectivity index (χ3n) is 2.35. The molecule has 0 radical (unpaired) electrons. The topological polar surface area (TPSA) is 72.5 Å². The van der Waals surface area contributed by atoms with Gasteiger partial charge in [-0.25, -0.2) is 0 Å². The molecule has 0 saturated carbocycles. The van der Waals surface area contributed by atoms with E-state index >= 15 is 0 Å². The number of carbonyl (C=O) groups is 1. The van der Waals surface area contributed by atoms with Crippen molar-refractivity contribution in [2.75, 3.05) is 6.61 Å². The van der Waals surface area contributed by atoms with Gasteiger partial charge in [0.05, 0.1) is 12.7 Å². The van der Waals surface area contributed by atoms with Crippen LogP contribution in [0.4, 0.5) is 0 Å². The van der Waals surface area contributed by atoms with Crippen molar-refractivity contribution in [3.8, 4) is 0 Å². The summed E-state index contributed by atoms with van der Waals surface area (Å²) in [5, 5.41) is 9.70. The Morgan fingerprint density at radius 1 is 1.83 bits per heavy atom. The SMILES string of the molecule is CCC1CC(O)(C(N)=O)CCO1. The van der Waals surface area contributed by atoms with E-state index in [-0.39, 0.29) is 6.10 Å².